The Morgan fingerprint density at radius 1 is 1.30 bits per heavy atom. The van der Waals surface area contributed by atoms with E-state index in [2.05, 4.69) is 24.9 Å². The van der Waals surface area contributed by atoms with E-state index in [0.29, 0.717) is 21.7 Å². The number of aromatic nitrogens is 4. The van der Waals surface area contributed by atoms with Crippen LogP contribution in [0.15, 0.2) is 29.1 Å². The fourth-order valence-electron chi connectivity index (χ4n) is 1.79. The molecule has 2 aromatic heterocycles. The van der Waals surface area contributed by atoms with E-state index < -0.39 is 5.91 Å². The number of nitrogens with zero attached hydrogens (tertiary/aromatic N) is 3. The van der Waals surface area contributed by atoms with Crippen molar-refractivity contribution >= 4 is 33.3 Å². The van der Waals surface area contributed by atoms with Crippen molar-refractivity contribution in [3.63, 3.8) is 0 Å². The van der Waals surface area contributed by atoms with Crippen LogP contribution in [-0.2, 0) is 0 Å². The molecule has 0 saturated carbocycles. The highest BCUT2D eigenvalue weighted by Gasteiger charge is 2.15. The monoisotopic (exact) mass is 287 g/mol. The highest BCUT2D eigenvalue weighted by atomic mass is 32.1. The number of hydrogen-bond donors (Lipinski definition) is 2. The molecule has 0 atom stereocenters. The zero-order chi connectivity index (χ0) is 14.1. The lowest BCUT2D eigenvalue weighted by Gasteiger charge is -2.03. The number of benzene rings is 1. The fourth-order valence-corrected chi connectivity index (χ4v) is 2.36. The zero-order valence-electron chi connectivity index (χ0n) is 10.4. The molecule has 0 spiro atoms. The SMILES string of the molecule is Cc1nsc(NC(=O)c2n[nH]c(=O)c3ccccc23)n1. The number of amides is 1. The number of carbonyl (C=O) groups is 1. The first-order valence-corrected chi connectivity index (χ1v) is 6.51. The van der Waals surface area contributed by atoms with Gasteiger partial charge in [0.25, 0.3) is 11.5 Å². The Labute approximate surface area is 116 Å². The van der Waals surface area contributed by atoms with Crippen LogP contribution in [-0.4, -0.2) is 25.5 Å². The second kappa shape index (κ2) is 4.82. The number of aryl methyl sites for hydroxylation is 1. The number of rotatable bonds is 2. The third-order valence-electron chi connectivity index (χ3n) is 2.66. The molecule has 20 heavy (non-hydrogen) atoms. The van der Waals surface area contributed by atoms with Crippen LogP contribution in [0.5, 0.6) is 0 Å². The summed E-state index contributed by atoms with van der Waals surface area (Å²) in [5, 5.41) is 10.1. The number of fused-ring (bicyclic) bond motifs is 1. The predicted molar refractivity (Wildman–Crippen MR) is 75.0 cm³/mol. The van der Waals surface area contributed by atoms with E-state index in [-0.39, 0.29) is 11.3 Å². The molecule has 0 unspecified atom stereocenters. The number of aromatic amines is 1. The normalized spacial score (nSPS) is 10.7. The maximum atomic E-state index is 12.2. The van der Waals surface area contributed by atoms with E-state index in [1.54, 1.807) is 31.2 Å². The molecule has 0 fully saturated rings. The van der Waals surface area contributed by atoms with Crippen molar-refractivity contribution in [1.82, 2.24) is 19.6 Å². The van der Waals surface area contributed by atoms with Crippen LogP contribution >= 0.6 is 11.5 Å². The molecule has 0 radical (unpaired) electrons. The van der Waals surface area contributed by atoms with Crippen LogP contribution in [0.2, 0.25) is 0 Å². The van der Waals surface area contributed by atoms with Gasteiger partial charge in [0.2, 0.25) is 5.13 Å². The van der Waals surface area contributed by atoms with Crippen LogP contribution in [0.1, 0.15) is 16.3 Å². The van der Waals surface area contributed by atoms with Crippen LogP contribution < -0.4 is 10.9 Å². The van der Waals surface area contributed by atoms with E-state index >= 15 is 0 Å². The first kappa shape index (κ1) is 12.4. The Morgan fingerprint density at radius 2 is 2.05 bits per heavy atom. The van der Waals surface area contributed by atoms with E-state index in [1.807, 2.05) is 0 Å². The Bertz CT molecular complexity index is 854. The van der Waals surface area contributed by atoms with Crippen LogP contribution in [0.3, 0.4) is 0 Å². The number of nitrogens with one attached hydrogen (secondary N) is 2. The van der Waals surface area contributed by atoms with Crippen molar-refractivity contribution in [3.05, 3.63) is 46.1 Å². The van der Waals surface area contributed by atoms with Crippen LogP contribution in [0.4, 0.5) is 5.13 Å². The summed E-state index contributed by atoms with van der Waals surface area (Å²) in [6.07, 6.45) is 0. The molecule has 0 aliphatic heterocycles. The van der Waals surface area contributed by atoms with Crippen molar-refractivity contribution in [3.8, 4) is 0 Å². The lowest BCUT2D eigenvalue weighted by Crippen LogP contribution is -2.19. The minimum Gasteiger partial charge on any atom is -0.295 e. The van der Waals surface area contributed by atoms with Gasteiger partial charge in [-0.3, -0.25) is 14.9 Å². The third-order valence-corrected chi connectivity index (χ3v) is 3.38. The average Bonchev–Trinajstić information content (AvgIpc) is 2.84. The molecule has 1 amide bonds. The van der Waals surface area contributed by atoms with Gasteiger partial charge in [-0.05, 0) is 13.0 Å². The molecular formula is C12H9N5O2S. The molecule has 8 heteroatoms. The molecule has 0 saturated heterocycles. The molecule has 100 valence electrons. The molecule has 3 aromatic rings. The van der Waals surface area contributed by atoms with Crippen molar-refractivity contribution in [2.45, 2.75) is 6.92 Å². The van der Waals surface area contributed by atoms with Gasteiger partial charge in [0.15, 0.2) is 5.69 Å². The first-order valence-electron chi connectivity index (χ1n) is 5.74. The quantitative estimate of drug-likeness (QED) is 0.740. The highest BCUT2D eigenvalue weighted by molar-refractivity contribution is 7.09. The van der Waals surface area contributed by atoms with Crippen LogP contribution in [0.25, 0.3) is 10.8 Å². The van der Waals surface area contributed by atoms with Crippen molar-refractivity contribution < 1.29 is 4.79 Å². The highest BCUT2D eigenvalue weighted by Crippen LogP contribution is 2.15. The molecule has 0 aliphatic rings. The van der Waals surface area contributed by atoms with Gasteiger partial charge in [0.05, 0.1) is 5.39 Å². The molecular weight excluding hydrogens is 278 g/mol. The fraction of sp³-hybridized carbons (Fsp3) is 0.0833. The maximum absolute atomic E-state index is 12.2. The van der Waals surface area contributed by atoms with Crippen LogP contribution in [0, 0.1) is 6.92 Å². The van der Waals surface area contributed by atoms with Gasteiger partial charge in [0, 0.05) is 16.9 Å². The average molecular weight is 287 g/mol. The Balaban J connectivity index is 2.04. The minimum absolute atomic E-state index is 0.146. The van der Waals surface area contributed by atoms with E-state index in [9.17, 15) is 9.59 Å². The third kappa shape index (κ3) is 2.16. The summed E-state index contributed by atoms with van der Waals surface area (Å²) in [6.45, 7) is 1.74. The first-order chi connectivity index (χ1) is 9.65. The predicted octanol–water partition coefficient (Wildman–Crippen LogP) is 1.34. The Kier molecular flexibility index (Phi) is 2.99. The Morgan fingerprint density at radius 3 is 2.75 bits per heavy atom. The summed E-state index contributed by atoms with van der Waals surface area (Å²) in [6, 6.07) is 6.79. The zero-order valence-corrected chi connectivity index (χ0v) is 11.2. The van der Waals surface area contributed by atoms with Gasteiger partial charge in [-0.25, -0.2) is 10.1 Å². The van der Waals surface area contributed by atoms with E-state index in [0.717, 1.165) is 11.5 Å². The molecule has 1 aromatic carbocycles. The van der Waals surface area contributed by atoms with E-state index in [4.69, 9.17) is 0 Å². The lowest BCUT2D eigenvalue weighted by atomic mass is 10.1. The van der Waals surface area contributed by atoms with Crippen molar-refractivity contribution in [1.29, 1.82) is 0 Å². The molecule has 2 N–H and O–H groups in total. The van der Waals surface area contributed by atoms with E-state index in [1.165, 1.54) is 0 Å². The standard InChI is InChI=1S/C12H9N5O2S/c1-6-13-12(20-17-6)14-11(19)9-7-4-2-3-5-8(7)10(18)16-15-9/h2-5H,1H3,(H,16,18)(H,13,14,17,19). The topological polar surface area (TPSA) is 101 Å². The lowest BCUT2D eigenvalue weighted by molar-refractivity contribution is 0.102. The van der Waals surface area contributed by atoms with Gasteiger partial charge < -0.3 is 0 Å². The second-order valence-electron chi connectivity index (χ2n) is 4.05. The molecule has 7 nitrogen and oxygen atoms in total. The van der Waals surface area contributed by atoms with Gasteiger partial charge >= 0.3 is 0 Å². The molecule has 0 aliphatic carbocycles. The minimum atomic E-state index is -0.436. The van der Waals surface area contributed by atoms with Crippen molar-refractivity contribution in [2.24, 2.45) is 0 Å². The number of carbonyl (C=O) groups excluding carboxylic acids is 1. The smallest absolute Gasteiger partial charge is 0.278 e. The summed E-state index contributed by atoms with van der Waals surface area (Å²) in [4.78, 5) is 27.9. The largest absolute Gasteiger partial charge is 0.295 e. The summed E-state index contributed by atoms with van der Waals surface area (Å²) in [5.74, 6) is 0.151. The maximum Gasteiger partial charge on any atom is 0.278 e. The number of hydrogen-bond acceptors (Lipinski definition) is 6. The van der Waals surface area contributed by atoms with Gasteiger partial charge in [-0.2, -0.15) is 9.47 Å². The van der Waals surface area contributed by atoms with Gasteiger partial charge in [-0.1, -0.05) is 18.2 Å². The molecule has 2 heterocycles. The van der Waals surface area contributed by atoms with Crippen molar-refractivity contribution in [2.75, 3.05) is 5.32 Å². The summed E-state index contributed by atoms with van der Waals surface area (Å²) in [5.41, 5.74) is -0.183. The summed E-state index contributed by atoms with van der Waals surface area (Å²) < 4.78 is 3.98. The molecule has 3 rings (SSSR count). The summed E-state index contributed by atoms with van der Waals surface area (Å²) >= 11 is 1.09. The van der Waals surface area contributed by atoms with Gasteiger partial charge in [-0.15, -0.1) is 0 Å². The second-order valence-corrected chi connectivity index (χ2v) is 4.80. The molecule has 0 bridgehead atoms. The Hall–Kier alpha value is -2.61. The number of H-pyrrole nitrogens is 1. The summed E-state index contributed by atoms with van der Waals surface area (Å²) in [7, 11) is 0. The number of anilines is 1. The van der Waals surface area contributed by atoms with Gasteiger partial charge in [0.1, 0.15) is 5.82 Å².